The lowest BCUT2D eigenvalue weighted by Crippen LogP contribution is -2.47. The summed E-state index contributed by atoms with van der Waals surface area (Å²) >= 11 is 5.74. The second-order valence-corrected chi connectivity index (χ2v) is 6.22. The van der Waals surface area contributed by atoms with E-state index < -0.39 is 41.2 Å². The molecule has 0 unspecified atom stereocenters. The Bertz CT molecular complexity index is 625. The Balaban J connectivity index is 2.03. The lowest BCUT2D eigenvalue weighted by atomic mass is 10.1. The smallest absolute Gasteiger partial charge is 0.451 e. The molecule has 152 valence electrons. The lowest BCUT2D eigenvalue weighted by molar-refractivity contribution is -0.352. The Labute approximate surface area is 157 Å². The highest BCUT2D eigenvalue weighted by Crippen LogP contribution is 2.36. The Hall–Kier alpha value is -1.58. The van der Waals surface area contributed by atoms with Crippen LogP contribution in [0.4, 0.5) is 22.0 Å². The minimum atomic E-state index is -3.90. The summed E-state index contributed by atoms with van der Waals surface area (Å²) in [5, 5.41) is -0.437. The molecule has 0 amide bonds. The highest BCUT2D eigenvalue weighted by molar-refractivity contribution is 6.32. The van der Waals surface area contributed by atoms with Gasteiger partial charge in [-0.05, 0) is 6.42 Å². The van der Waals surface area contributed by atoms with E-state index in [2.05, 4.69) is 9.47 Å². The molecular weight excluding hydrogens is 399 g/mol. The molecule has 0 N–H and O–H groups in total. The molecule has 0 aromatic heterocycles. The van der Waals surface area contributed by atoms with Gasteiger partial charge >= 0.3 is 6.11 Å². The van der Waals surface area contributed by atoms with Crippen LogP contribution >= 0.6 is 11.6 Å². The van der Waals surface area contributed by atoms with Gasteiger partial charge in [0.15, 0.2) is 11.6 Å². The molecule has 0 radical (unpaired) electrons. The first-order chi connectivity index (χ1) is 12.7. The van der Waals surface area contributed by atoms with Gasteiger partial charge in [0.05, 0.1) is 24.5 Å². The van der Waals surface area contributed by atoms with Crippen LogP contribution in [-0.2, 0) is 9.47 Å². The molecule has 1 saturated heterocycles. The molecule has 1 aromatic rings. The van der Waals surface area contributed by atoms with Crippen molar-refractivity contribution < 1.29 is 40.9 Å². The van der Waals surface area contributed by atoms with Crippen molar-refractivity contribution in [2.75, 3.05) is 13.2 Å². The van der Waals surface area contributed by atoms with E-state index in [0.29, 0.717) is 18.4 Å². The van der Waals surface area contributed by atoms with Gasteiger partial charge in [0.1, 0.15) is 5.75 Å². The Morgan fingerprint density at radius 2 is 1.96 bits per heavy atom. The summed E-state index contributed by atoms with van der Waals surface area (Å²) < 4.78 is 85.6. The van der Waals surface area contributed by atoms with Crippen LogP contribution in [0.3, 0.4) is 0 Å². The standard InChI is InChI=1S/C17H18ClF5O4/c1-2-3-10-8-25-16(26-9-10)17(22,23)27-11-6-12(18)15(13(19)7-11)24-5-4-14(20)21/h4-7,10,14,16H,2-3,8-9H2,1H3. The summed E-state index contributed by atoms with van der Waals surface area (Å²) in [6.45, 7) is 2.14. The molecule has 0 bridgehead atoms. The zero-order valence-corrected chi connectivity index (χ0v) is 15.0. The summed E-state index contributed by atoms with van der Waals surface area (Å²) in [5.74, 6) is -2.35. The van der Waals surface area contributed by atoms with Crippen LogP contribution in [0.5, 0.6) is 11.5 Å². The largest absolute Gasteiger partial charge is 0.460 e. The number of benzene rings is 1. The first-order valence-electron chi connectivity index (χ1n) is 8.13. The number of rotatable bonds is 8. The normalized spacial score (nSPS) is 21.0. The molecule has 1 aliphatic rings. The maximum atomic E-state index is 14.2. The van der Waals surface area contributed by atoms with E-state index in [1.807, 2.05) is 6.92 Å². The summed E-state index contributed by atoms with van der Waals surface area (Å²) in [6.07, 6.45) is -6.10. The van der Waals surface area contributed by atoms with E-state index in [1.54, 1.807) is 0 Å². The van der Waals surface area contributed by atoms with Crippen molar-refractivity contribution in [1.82, 2.24) is 0 Å². The molecule has 0 atom stereocenters. The molecule has 4 nitrogen and oxygen atoms in total. The second kappa shape index (κ2) is 9.57. The van der Waals surface area contributed by atoms with Crippen molar-refractivity contribution in [2.45, 2.75) is 38.6 Å². The molecule has 1 aromatic carbocycles. The Kier molecular flexibility index (Phi) is 7.69. The van der Waals surface area contributed by atoms with Gasteiger partial charge < -0.3 is 18.9 Å². The monoisotopic (exact) mass is 416 g/mol. The third-order valence-electron chi connectivity index (χ3n) is 3.57. The highest BCUT2D eigenvalue weighted by atomic mass is 35.5. The van der Waals surface area contributed by atoms with Crippen molar-refractivity contribution in [2.24, 2.45) is 5.92 Å². The molecular formula is C17H18ClF5O4. The zero-order chi connectivity index (χ0) is 20.0. The maximum absolute atomic E-state index is 14.2. The fraction of sp³-hybridized carbons (Fsp3) is 0.529. The molecule has 10 heteroatoms. The predicted octanol–water partition coefficient (Wildman–Crippen LogP) is 5.40. The molecule has 1 heterocycles. The van der Waals surface area contributed by atoms with Crippen molar-refractivity contribution in [1.29, 1.82) is 0 Å². The van der Waals surface area contributed by atoms with Crippen LogP contribution in [0.2, 0.25) is 5.02 Å². The van der Waals surface area contributed by atoms with Gasteiger partial charge in [0, 0.05) is 24.1 Å². The third kappa shape index (κ3) is 6.22. The van der Waals surface area contributed by atoms with E-state index >= 15 is 0 Å². The van der Waals surface area contributed by atoms with Crippen molar-refractivity contribution in [3.05, 3.63) is 35.3 Å². The SMILES string of the molecule is CCCC1COC(C(F)(F)Oc2cc(F)c(OC=CC(F)F)c(Cl)c2)OC1. The van der Waals surface area contributed by atoms with Crippen LogP contribution in [0.25, 0.3) is 0 Å². The Morgan fingerprint density at radius 3 is 2.52 bits per heavy atom. The Morgan fingerprint density at radius 1 is 1.30 bits per heavy atom. The first kappa shape index (κ1) is 21.7. The van der Waals surface area contributed by atoms with Gasteiger partial charge in [-0.3, -0.25) is 0 Å². The van der Waals surface area contributed by atoms with E-state index in [1.165, 1.54) is 0 Å². The van der Waals surface area contributed by atoms with Crippen molar-refractivity contribution >= 4 is 11.6 Å². The number of allylic oxidation sites excluding steroid dienone is 1. The van der Waals surface area contributed by atoms with Gasteiger partial charge in [-0.25, -0.2) is 13.2 Å². The topological polar surface area (TPSA) is 36.9 Å². The molecule has 1 aliphatic heterocycles. The summed E-state index contributed by atoms with van der Waals surface area (Å²) in [6, 6.07) is 1.46. The van der Waals surface area contributed by atoms with Crippen molar-refractivity contribution in [3.8, 4) is 11.5 Å². The van der Waals surface area contributed by atoms with Gasteiger partial charge in [-0.1, -0.05) is 24.9 Å². The number of halogens is 6. The molecule has 1 fully saturated rings. The minimum Gasteiger partial charge on any atom is -0.460 e. The van der Waals surface area contributed by atoms with E-state index in [0.717, 1.165) is 18.9 Å². The van der Waals surface area contributed by atoms with Crippen LogP contribution < -0.4 is 9.47 Å². The number of alkyl halides is 4. The molecule has 27 heavy (non-hydrogen) atoms. The predicted molar refractivity (Wildman–Crippen MR) is 86.8 cm³/mol. The summed E-state index contributed by atoms with van der Waals surface area (Å²) in [4.78, 5) is 0. The average Bonchev–Trinajstić information content (AvgIpc) is 2.57. The fourth-order valence-corrected chi connectivity index (χ4v) is 2.63. The maximum Gasteiger partial charge on any atom is 0.451 e. The molecule has 0 saturated carbocycles. The lowest BCUT2D eigenvalue weighted by Gasteiger charge is -2.33. The summed E-state index contributed by atoms with van der Waals surface area (Å²) in [7, 11) is 0. The number of hydrogen-bond donors (Lipinski definition) is 0. The van der Waals surface area contributed by atoms with Gasteiger partial charge in [0.2, 0.25) is 0 Å². The van der Waals surface area contributed by atoms with Gasteiger partial charge in [0.25, 0.3) is 12.7 Å². The highest BCUT2D eigenvalue weighted by Gasteiger charge is 2.47. The first-order valence-corrected chi connectivity index (χ1v) is 8.51. The molecule has 0 aliphatic carbocycles. The van der Waals surface area contributed by atoms with E-state index in [4.69, 9.17) is 21.1 Å². The minimum absolute atomic E-state index is 0.0201. The zero-order valence-electron chi connectivity index (χ0n) is 14.3. The van der Waals surface area contributed by atoms with Crippen LogP contribution in [0.15, 0.2) is 24.5 Å². The van der Waals surface area contributed by atoms with Gasteiger partial charge in [-0.15, -0.1) is 0 Å². The van der Waals surface area contributed by atoms with E-state index in [-0.39, 0.29) is 19.1 Å². The quantitative estimate of drug-likeness (QED) is 0.420. The van der Waals surface area contributed by atoms with Crippen LogP contribution in [0.1, 0.15) is 19.8 Å². The third-order valence-corrected chi connectivity index (χ3v) is 3.85. The second-order valence-electron chi connectivity index (χ2n) is 5.81. The average molecular weight is 417 g/mol. The van der Waals surface area contributed by atoms with Crippen molar-refractivity contribution in [3.63, 3.8) is 0 Å². The molecule has 0 spiro atoms. The van der Waals surface area contributed by atoms with Gasteiger partial charge in [-0.2, -0.15) is 8.78 Å². The molecule has 2 rings (SSSR count). The number of hydrogen-bond acceptors (Lipinski definition) is 4. The fourth-order valence-electron chi connectivity index (χ4n) is 2.39. The van der Waals surface area contributed by atoms with Crippen LogP contribution in [-0.4, -0.2) is 32.0 Å². The van der Waals surface area contributed by atoms with E-state index in [9.17, 15) is 22.0 Å². The number of ether oxygens (including phenoxy) is 4. The van der Waals surface area contributed by atoms with Crippen LogP contribution in [0, 0.1) is 11.7 Å². The summed E-state index contributed by atoms with van der Waals surface area (Å²) in [5.41, 5.74) is 0.